The molecular formula is C29H46N2. The highest BCUT2D eigenvalue weighted by atomic mass is 14.6. The summed E-state index contributed by atoms with van der Waals surface area (Å²) in [4.78, 5) is 0. The van der Waals surface area contributed by atoms with E-state index in [2.05, 4.69) is 64.1 Å². The summed E-state index contributed by atoms with van der Waals surface area (Å²) in [6.07, 6.45) is 14.3. The van der Waals surface area contributed by atoms with Crippen LogP contribution < -0.4 is 11.5 Å². The summed E-state index contributed by atoms with van der Waals surface area (Å²) < 4.78 is 0. The van der Waals surface area contributed by atoms with E-state index in [0.29, 0.717) is 0 Å². The molecule has 2 aromatic rings. The number of rotatable bonds is 14. The number of nitrogens with two attached hydrogens (primary N) is 2. The van der Waals surface area contributed by atoms with Gasteiger partial charge in [0, 0.05) is 16.8 Å². The standard InChI is InChI=1S/C29H46N2/c1-5-9-13-25-26(14-10-6-2)28(31)20-19-27(25)29(21-11-7-3,22-12-8-4)23-15-17-24(30)18-16-23/h15-20H,5-14,21-22,30-31H2,1-4H3. The van der Waals surface area contributed by atoms with Gasteiger partial charge in [0.2, 0.25) is 0 Å². The van der Waals surface area contributed by atoms with Gasteiger partial charge in [-0.3, -0.25) is 0 Å². The summed E-state index contributed by atoms with van der Waals surface area (Å²) in [6, 6.07) is 13.3. The SMILES string of the molecule is CCCCc1c(N)ccc(C(CCCC)(CCCC)c2ccc(N)cc2)c1CCCC. The molecule has 0 unspecified atom stereocenters. The van der Waals surface area contributed by atoms with E-state index in [-0.39, 0.29) is 5.41 Å². The van der Waals surface area contributed by atoms with Gasteiger partial charge in [-0.25, -0.2) is 0 Å². The number of nitrogen functional groups attached to an aromatic ring is 2. The molecule has 0 aliphatic rings. The number of anilines is 2. The van der Waals surface area contributed by atoms with Crippen molar-refractivity contribution in [2.45, 2.75) is 110 Å². The van der Waals surface area contributed by atoms with Crippen molar-refractivity contribution in [1.82, 2.24) is 0 Å². The van der Waals surface area contributed by atoms with Gasteiger partial charge in [0.25, 0.3) is 0 Å². The van der Waals surface area contributed by atoms with Crippen LogP contribution in [0, 0.1) is 0 Å². The lowest BCUT2D eigenvalue weighted by Crippen LogP contribution is -2.30. The van der Waals surface area contributed by atoms with Gasteiger partial charge in [0.15, 0.2) is 0 Å². The molecule has 2 rings (SSSR count). The van der Waals surface area contributed by atoms with Crippen LogP contribution in [0.5, 0.6) is 0 Å². The lowest BCUT2D eigenvalue weighted by molar-refractivity contribution is 0.402. The monoisotopic (exact) mass is 422 g/mol. The van der Waals surface area contributed by atoms with Crippen molar-refractivity contribution in [2.75, 3.05) is 11.5 Å². The molecule has 0 aliphatic heterocycles. The zero-order valence-corrected chi connectivity index (χ0v) is 20.6. The molecule has 0 radical (unpaired) electrons. The van der Waals surface area contributed by atoms with E-state index in [9.17, 15) is 0 Å². The van der Waals surface area contributed by atoms with Crippen LogP contribution in [0.3, 0.4) is 0 Å². The van der Waals surface area contributed by atoms with E-state index >= 15 is 0 Å². The Morgan fingerprint density at radius 2 is 1.13 bits per heavy atom. The molecule has 0 bridgehead atoms. The van der Waals surface area contributed by atoms with Gasteiger partial charge in [-0.2, -0.15) is 0 Å². The van der Waals surface area contributed by atoms with E-state index in [4.69, 9.17) is 11.5 Å². The average Bonchev–Trinajstić information content (AvgIpc) is 2.78. The maximum Gasteiger partial charge on any atom is 0.0349 e. The topological polar surface area (TPSA) is 52.0 Å². The fraction of sp³-hybridized carbons (Fsp3) is 0.586. The summed E-state index contributed by atoms with van der Waals surface area (Å²) in [5.74, 6) is 0. The van der Waals surface area contributed by atoms with Crippen molar-refractivity contribution in [2.24, 2.45) is 0 Å². The Bertz CT molecular complexity index is 768. The van der Waals surface area contributed by atoms with E-state index in [1.54, 1.807) is 5.56 Å². The Kier molecular flexibility index (Phi) is 10.4. The van der Waals surface area contributed by atoms with Crippen molar-refractivity contribution in [1.29, 1.82) is 0 Å². The highest BCUT2D eigenvalue weighted by Gasteiger charge is 2.35. The van der Waals surface area contributed by atoms with E-state index in [1.807, 2.05) is 0 Å². The van der Waals surface area contributed by atoms with Crippen LogP contribution in [0.2, 0.25) is 0 Å². The van der Waals surface area contributed by atoms with Gasteiger partial charge in [-0.05, 0) is 79.0 Å². The minimum atomic E-state index is 0.0391. The largest absolute Gasteiger partial charge is 0.399 e. The minimum Gasteiger partial charge on any atom is -0.399 e. The van der Waals surface area contributed by atoms with Crippen molar-refractivity contribution in [3.05, 3.63) is 58.7 Å². The van der Waals surface area contributed by atoms with Crippen LogP contribution in [0.4, 0.5) is 11.4 Å². The summed E-state index contributed by atoms with van der Waals surface area (Å²) in [5.41, 5.74) is 20.5. The molecule has 0 heterocycles. The average molecular weight is 423 g/mol. The Morgan fingerprint density at radius 3 is 1.65 bits per heavy atom. The summed E-state index contributed by atoms with van der Waals surface area (Å²) in [5, 5.41) is 0. The second kappa shape index (κ2) is 12.8. The predicted octanol–water partition coefficient (Wildman–Crippen LogP) is 8.20. The first kappa shape index (κ1) is 25.3. The van der Waals surface area contributed by atoms with Crippen LogP contribution >= 0.6 is 0 Å². The van der Waals surface area contributed by atoms with Crippen molar-refractivity contribution < 1.29 is 0 Å². The fourth-order valence-corrected chi connectivity index (χ4v) is 5.05. The normalized spacial score (nSPS) is 11.7. The first-order valence-electron chi connectivity index (χ1n) is 12.8. The van der Waals surface area contributed by atoms with Gasteiger partial charge < -0.3 is 11.5 Å². The number of hydrogen-bond acceptors (Lipinski definition) is 2. The van der Waals surface area contributed by atoms with Gasteiger partial charge in [-0.1, -0.05) is 84.4 Å². The maximum atomic E-state index is 6.59. The Balaban J connectivity index is 2.76. The van der Waals surface area contributed by atoms with Gasteiger partial charge in [0.05, 0.1) is 0 Å². The van der Waals surface area contributed by atoms with E-state index in [1.165, 1.54) is 80.9 Å². The van der Waals surface area contributed by atoms with Crippen LogP contribution in [-0.4, -0.2) is 0 Å². The molecular weight excluding hydrogens is 376 g/mol. The summed E-state index contributed by atoms with van der Waals surface area (Å²) in [7, 11) is 0. The highest BCUT2D eigenvalue weighted by molar-refractivity contribution is 5.58. The minimum absolute atomic E-state index is 0.0391. The number of unbranched alkanes of at least 4 members (excludes halogenated alkanes) is 4. The molecule has 0 fully saturated rings. The third-order valence-corrected chi connectivity index (χ3v) is 6.92. The molecule has 0 saturated heterocycles. The first-order chi connectivity index (χ1) is 15.0. The van der Waals surface area contributed by atoms with Gasteiger partial charge in [-0.15, -0.1) is 0 Å². The second-order valence-corrected chi connectivity index (χ2v) is 9.28. The van der Waals surface area contributed by atoms with Gasteiger partial charge >= 0.3 is 0 Å². The van der Waals surface area contributed by atoms with Crippen LogP contribution in [0.15, 0.2) is 36.4 Å². The van der Waals surface area contributed by atoms with Crippen molar-refractivity contribution in [3.63, 3.8) is 0 Å². The lowest BCUT2D eigenvalue weighted by Gasteiger charge is -2.38. The molecule has 0 aromatic heterocycles. The van der Waals surface area contributed by atoms with Crippen molar-refractivity contribution >= 4 is 11.4 Å². The molecule has 0 atom stereocenters. The van der Waals surface area contributed by atoms with Crippen molar-refractivity contribution in [3.8, 4) is 0 Å². The molecule has 2 heteroatoms. The molecule has 2 nitrogen and oxygen atoms in total. The molecule has 0 amide bonds. The molecule has 0 saturated carbocycles. The third-order valence-electron chi connectivity index (χ3n) is 6.92. The molecule has 172 valence electrons. The van der Waals surface area contributed by atoms with Gasteiger partial charge in [0.1, 0.15) is 0 Å². The van der Waals surface area contributed by atoms with Crippen LogP contribution in [0.25, 0.3) is 0 Å². The van der Waals surface area contributed by atoms with Crippen LogP contribution in [-0.2, 0) is 18.3 Å². The number of hydrogen-bond donors (Lipinski definition) is 2. The van der Waals surface area contributed by atoms with E-state index in [0.717, 1.165) is 24.2 Å². The quantitative estimate of drug-likeness (QED) is 0.301. The smallest absolute Gasteiger partial charge is 0.0349 e. The molecule has 0 aliphatic carbocycles. The molecule has 4 N–H and O–H groups in total. The molecule has 31 heavy (non-hydrogen) atoms. The van der Waals surface area contributed by atoms with E-state index < -0.39 is 0 Å². The Labute approximate surface area is 191 Å². The Morgan fingerprint density at radius 1 is 0.613 bits per heavy atom. The molecule has 2 aromatic carbocycles. The summed E-state index contributed by atoms with van der Waals surface area (Å²) >= 11 is 0. The highest BCUT2D eigenvalue weighted by Crippen LogP contribution is 2.45. The predicted molar refractivity (Wildman–Crippen MR) is 139 cm³/mol. The molecule has 0 spiro atoms. The third kappa shape index (κ3) is 6.28. The second-order valence-electron chi connectivity index (χ2n) is 9.28. The zero-order chi connectivity index (χ0) is 22.7. The first-order valence-corrected chi connectivity index (χ1v) is 12.8. The summed E-state index contributed by atoms with van der Waals surface area (Å²) in [6.45, 7) is 9.18. The number of benzene rings is 2. The zero-order valence-electron chi connectivity index (χ0n) is 20.6. The fourth-order valence-electron chi connectivity index (χ4n) is 5.05. The maximum absolute atomic E-state index is 6.59. The van der Waals surface area contributed by atoms with Crippen LogP contribution in [0.1, 0.15) is 114 Å². The Hall–Kier alpha value is -1.96. The lowest BCUT2D eigenvalue weighted by atomic mass is 9.65.